The number of methoxy groups -OCH3 is 1. The third-order valence-electron chi connectivity index (χ3n) is 4.71. The molecule has 2 aromatic rings. The van der Waals surface area contributed by atoms with E-state index >= 15 is 0 Å². The molecule has 1 heterocycles. The Balaban J connectivity index is 0.00000341. The maximum absolute atomic E-state index is 5.87. The first kappa shape index (κ1) is 25.1. The van der Waals surface area contributed by atoms with Crippen LogP contribution in [0, 0.1) is 6.92 Å². The van der Waals surface area contributed by atoms with Crippen molar-refractivity contribution in [2.45, 2.75) is 26.4 Å². The zero-order chi connectivity index (χ0) is 21.2. The largest absolute Gasteiger partial charge is 0.491 e. The molecule has 2 aromatic carbocycles. The molecule has 1 aliphatic rings. The van der Waals surface area contributed by atoms with E-state index in [2.05, 4.69) is 34.7 Å². The number of aliphatic imine (C=N–C) groups is 1. The molecule has 0 amide bonds. The Morgan fingerprint density at radius 1 is 1.00 bits per heavy atom. The Morgan fingerprint density at radius 2 is 1.77 bits per heavy atom. The van der Waals surface area contributed by atoms with Crippen LogP contribution in [0.25, 0.3) is 0 Å². The van der Waals surface area contributed by atoms with Crippen molar-refractivity contribution >= 4 is 29.9 Å². The highest BCUT2D eigenvalue weighted by Crippen LogP contribution is 2.30. The van der Waals surface area contributed by atoms with Crippen LogP contribution in [-0.2, 0) is 17.8 Å². The van der Waals surface area contributed by atoms with Crippen LogP contribution in [0.15, 0.2) is 41.4 Å². The normalized spacial score (nSPS) is 13.1. The number of ether oxygens (including phenoxy) is 4. The Kier molecular flexibility index (Phi) is 10.7. The Hall–Kier alpha value is -2.20. The van der Waals surface area contributed by atoms with Gasteiger partial charge in [-0.3, -0.25) is 4.99 Å². The number of benzene rings is 2. The minimum atomic E-state index is 0. The second-order valence-corrected chi connectivity index (χ2v) is 7.06. The Morgan fingerprint density at radius 3 is 2.55 bits per heavy atom. The van der Waals surface area contributed by atoms with E-state index in [9.17, 15) is 0 Å². The first-order valence-corrected chi connectivity index (χ1v) is 10.2. The summed E-state index contributed by atoms with van der Waals surface area (Å²) in [7, 11) is 3.43. The summed E-state index contributed by atoms with van der Waals surface area (Å²) in [5.74, 6) is 3.18. The molecule has 170 valence electrons. The highest BCUT2D eigenvalue weighted by atomic mass is 127. The molecule has 1 aliphatic heterocycles. The Labute approximate surface area is 201 Å². The molecule has 0 fully saturated rings. The number of halogens is 1. The van der Waals surface area contributed by atoms with E-state index < -0.39 is 0 Å². The van der Waals surface area contributed by atoms with Crippen LogP contribution in [0.1, 0.15) is 23.1 Å². The standard InChI is InChI=1S/C23H31N3O4.HI/c1-17-5-7-19(21(13-17)30-12-11-27-3)16-26-23(24-2)25-15-18-6-8-20-22(14-18)29-10-4-9-28-20;/h5-8,13-14H,4,9-12,15-16H2,1-3H3,(H2,24,25,26);1H. The molecule has 0 spiro atoms. The van der Waals surface area contributed by atoms with Crippen LogP contribution < -0.4 is 24.8 Å². The lowest BCUT2D eigenvalue weighted by molar-refractivity contribution is 0.145. The molecule has 0 aliphatic carbocycles. The fourth-order valence-electron chi connectivity index (χ4n) is 3.08. The fraction of sp³-hybridized carbons (Fsp3) is 0.435. The molecule has 0 saturated heterocycles. The molecule has 0 bridgehead atoms. The highest BCUT2D eigenvalue weighted by Gasteiger charge is 2.11. The summed E-state index contributed by atoms with van der Waals surface area (Å²) in [5.41, 5.74) is 3.32. The average molecular weight is 541 g/mol. The van der Waals surface area contributed by atoms with Gasteiger partial charge in [-0.2, -0.15) is 0 Å². The molecule has 3 rings (SSSR count). The van der Waals surface area contributed by atoms with E-state index in [4.69, 9.17) is 18.9 Å². The van der Waals surface area contributed by atoms with Crippen LogP contribution in [-0.4, -0.2) is 46.5 Å². The van der Waals surface area contributed by atoms with Gasteiger partial charge in [0.15, 0.2) is 17.5 Å². The summed E-state index contributed by atoms with van der Waals surface area (Å²) in [6, 6.07) is 12.2. The molecule has 0 aromatic heterocycles. The SMILES string of the molecule is CN=C(NCc1ccc2c(c1)OCCCO2)NCc1ccc(C)cc1OCCOC.I. The first-order valence-electron chi connectivity index (χ1n) is 10.2. The van der Waals surface area contributed by atoms with Gasteiger partial charge in [-0.1, -0.05) is 18.2 Å². The van der Waals surface area contributed by atoms with Crippen molar-refractivity contribution in [2.75, 3.05) is 40.6 Å². The molecule has 7 nitrogen and oxygen atoms in total. The number of aryl methyl sites for hydroxylation is 1. The number of rotatable bonds is 8. The van der Waals surface area contributed by atoms with Gasteiger partial charge in [0.25, 0.3) is 0 Å². The van der Waals surface area contributed by atoms with Crippen molar-refractivity contribution in [2.24, 2.45) is 4.99 Å². The van der Waals surface area contributed by atoms with Crippen LogP contribution in [0.5, 0.6) is 17.2 Å². The third-order valence-corrected chi connectivity index (χ3v) is 4.71. The van der Waals surface area contributed by atoms with Gasteiger partial charge in [0.2, 0.25) is 0 Å². The van der Waals surface area contributed by atoms with Crippen LogP contribution in [0.4, 0.5) is 0 Å². The van der Waals surface area contributed by atoms with Gasteiger partial charge in [0.1, 0.15) is 12.4 Å². The molecule has 0 unspecified atom stereocenters. The van der Waals surface area contributed by atoms with Gasteiger partial charge in [-0.05, 0) is 36.2 Å². The van der Waals surface area contributed by atoms with Crippen LogP contribution in [0.2, 0.25) is 0 Å². The predicted molar refractivity (Wildman–Crippen MR) is 133 cm³/mol. The molecule has 0 saturated carbocycles. The second-order valence-electron chi connectivity index (χ2n) is 7.06. The third kappa shape index (κ3) is 7.77. The maximum atomic E-state index is 5.87. The van der Waals surface area contributed by atoms with Gasteiger partial charge in [0.05, 0.1) is 19.8 Å². The molecular weight excluding hydrogens is 509 g/mol. The van der Waals surface area contributed by atoms with E-state index in [1.54, 1.807) is 14.2 Å². The molecule has 31 heavy (non-hydrogen) atoms. The summed E-state index contributed by atoms with van der Waals surface area (Å²) >= 11 is 0. The van der Waals surface area contributed by atoms with Crippen molar-refractivity contribution < 1.29 is 18.9 Å². The molecule has 2 N–H and O–H groups in total. The first-order chi connectivity index (χ1) is 14.7. The molecule has 8 heteroatoms. The number of hydrogen-bond acceptors (Lipinski definition) is 5. The number of fused-ring (bicyclic) bond motifs is 1. The summed E-state index contributed by atoms with van der Waals surface area (Å²) in [4.78, 5) is 4.32. The minimum Gasteiger partial charge on any atom is -0.491 e. The van der Waals surface area contributed by atoms with Crippen molar-refractivity contribution in [3.63, 3.8) is 0 Å². The smallest absolute Gasteiger partial charge is 0.191 e. The molecule has 0 radical (unpaired) electrons. The molecular formula is C23H32IN3O4. The monoisotopic (exact) mass is 541 g/mol. The van der Waals surface area contributed by atoms with E-state index in [1.165, 1.54) is 0 Å². The van der Waals surface area contributed by atoms with E-state index in [0.717, 1.165) is 40.4 Å². The summed E-state index contributed by atoms with van der Waals surface area (Å²) in [5, 5.41) is 6.69. The molecule has 0 atom stereocenters. The lowest BCUT2D eigenvalue weighted by atomic mass is 10.1. The maximum Gasteiger partial charge on any atom is 0.191 e. The van der Waals surface area contributed by atoms with E-state index in [1.807, 2.05) is 24.3 Å². The fourth-order valence-corrected chi connectivity index (χ4v) is 3.08. The lowest BCUT2D eigenvalue weighted by Gasteiger charge is -2.16. The number of nitrogens with zero attached hydrogens (tertiary/aromatic N) is 1. The summed E-state index contributed by atoms with van der Waals surface area (Å²) < 4.78 is 22.4. The van der Waals surface area contributed by atoms with Crippen molar-refractivity contribution in [3.05, 3.63) is 53.1 Å². The van der Waals surface area contributed by atoms with Crippen LogP contribution >= 0.6 is 24.0 Å². The van der Waals surface area contributed by atoms with E-state index in [0.29, 0.717) is 45.5 Å². The number of guanidine groups is 1. The van der Waals surface area contributed by atoms with E-state index in [-0.39, 0.29) is 24.0 Å². The summed E-state index contributed by atoms with van der Waals surface area (Å²) in [6.07, 6.45) is 0.898. The highest BCUT2D eigenvalue weighted by molar-refractivity contribution is 14.0. The Bertz CT molecular complexity index is 861. The topological polar surface area (TPSA) is 73.3 Å². The lowest BCUT2D eigenvalue weighted by Crippen LogP contribution is -2.36. The van der Waals surface area contributed by atoms with Gasteiger partial charge in [-0.25, -0.2) is 0 Å². The van der Waals surface area contributed by atoms with Crippen molar-refractivity contribution in [3.8, 4) is 17.2 Å². The van der Waals surface area contributed by atoms with Crippen LogP contribution in [0.3, 0.4) is 0 Å². The van der Waals surface area contributed by atoms with Crippen molar-refractivity contribution in [1.29, 1.82) is 0 Å². The van der Waals surface area contributed by atoms with Gasteiger partial charge in [0, 0.05) is 39.2 Å². The minimum absolute atomic E-state index is 0. The quantitative estimate of drug-likeness (QED) is 0.230. The zero-order valence-corrected chi connectivity index (χ0v) is 20.7. The van der Waals surface area contributed by atoms with Gasteiger partial charge >= 0.3 is 0 Å². The van der Waals surface area contributed by atoms with Gasteiger partial charge in [-0.15, -0.1) is 24.0 Å². The van der Waals surface area contributed by atoms with Crippen molar-refractivity contribution in [1.82, 2.24) is 10.6 Å². The number of nitrogens with one attached hydrogen (secondary N) is 2. The average Bonchev–Trinajstić information content (AvgIpc) is 3.00. The number of hydrogen-bond donors (Lipinski definition) is 2. The summed E-state index contributed by atoms with van der Waals surface area (Å²) in [6.45, 7) is 5.72. The zero-order valence-electron chi connectivity index (χ0n) is 18.4. The van der Waals surface area contributed by atoms with Gasteiger partial charge < -0.3 is 29.6 Å². The second kappa shape index (κ2) is 13.3. The predicted octanol–water partition coefficient (Wildman–Crippen LogP) is 3.66.